The Morgan fingerprint density at radius 2 is 1.85 bits per heavy atom. The van der Waals surface area contributed by atoms with Gasteiger partial charge in [-0.05, 0) is 19.1 Å². The van der Waals surface area contributed by atoms with Crippen LogP contribution in [-0.2, 0) is 11.0 Å². The van der Waals surface area contributed by atoms with Crippen molar-refractivity contribution in [1.82, 2.24) is 29.8 Å². The number of alkyl halides is 7. The summed E-state index contributed by atoms with van der Waals surface area (Å²) in [5, 5.41) is 6.11. The number of halogens is 7. The van der Waals surface area contributed by atoms with E-state index in [1.807, 2.05) is 0 Å². The molecule has 3 aromatic rings. The molecular weight excluding hydrogens is 543 g/mol. The van der Waals surface area contributed by atoms with Crippen LogP contribution in [0.5, 0.6) is 5.88 Å². The highest BCUT2D eigenvalue weighted by Crippen LogP contribution is 2.39. The lowest BCUT2D eigenvalue weighted by Crippen LogP contribution is -2.43. The van der Waals surface area contributed by atoms with E-state index >= 15 is 0 Å². The lowest BCUT2D eigenvalue weighted by Gasteiger charge is -2.22. The van der Waals surface area contributed by atoms with Crippen molar-refractivity contribution in [3.8, 4) is 17.1 Å². The van der Waals surface area contributed by atoms with Crippen molar-refractivity contribution in [3.63, 3.8) is 0 Å². The average Bonchev–Trinajstić information content (AvgIpc) is 3.44. The van der Waals surface area contributed by atoms with E-state index in [1.165, 1.54) is 0 Å². The molecule has 0 aliphatic carbocycles. The number of aromatic nitrogens is 4. The Morgan fingerprint density at radius 1 is 1.15 bits per heavy atom. The highest BCUT2D eigenvalue weighted by molar-refractivity contribution is 5.98. The Kier molecular flexibility index (Phi) is 7.03. The van der Waals surface area contributed by atoms with E-state index in [-0.39, 0.29) is 22.7 Å². The zero-order chi connectivity index (χ0) is 28.9. The van der Waals surface area contributed by atoms with E-state index in [2.05, 4.69) is 20.4 Å². The van der Waals surface area contributed by atoms with Gasteiger partial charge in [-0.15, -0.1) is 0 Å². The second-order valence-corrected chi connectivity index (χ2v) is 8.73. The molecule has 1 saturated heterocycles. The number of nitrogens with two attached hydrogens (primary N) is 1. The number of likely N-dealkylation sites (tertiary alicyclic amines) is 1. The monoisotopic (exact) mass is 563 g/mol. The summed E-state index contributed by atoms with van der Waals surface area (Å²) in [5.41, 5.74) is 3.49. The highest BCUT2D eigenvalue weighted by atomic mass is 19.4. The summed E-state index contributed by atoms with van der Waals surface area (Å²) in [6.07, 6.45) is -9.49. The van der Waals surface area contributed by atoms with Gasteiger partial charge in [-0.2, -0.15) is 31.4 Å². The van der Waals surface area contributed by atoms with Crippen LogP contribution < -0.4 is 15.8 Å². The minimum Gasteiger partial charge on any atom is -0.480 e. The third kappa shape index (κ3) is 5.24. The predicted molar refractivity (Wildman–Crippen MR) is 120 cm³/mol. The smallest absolute Gasteiger partial charge is 0.418 e. The third-order valence-electron chi connectivity index (χ3n) is 6.21. The van der Waals surface area contributed by atoms with Crippen LogP contribution in [0.4, 0.5) is 36.6 Å². The number of hydrogen-bond acceptors (Lipinski definition) is 7. The molecule has 1 aliphatic rings. The van der Waals surface area contributed by atoms with Gasteiger partial charge in [0.05, 0.1) is 31.0 Å². The van der Waals surface area contributed by atoms with E-state index in [1.54, 1.807) is 0 Å². The standard InChI is InChI=1S/C22H20F7N7O3/c1-9(21(24,25)26)20(38)35-6-13(23)14(7-35)34-18(37)11-3-10(5-31-19(11)39-2)15-4-12(22(27,28)29)16-17(30)32-8-33-36(15)16/h3-5,8-9,13-14H,6-7H2,1-2H3,(H,34,37)(H2,30,32,33)/t9?,13-,14+/m0/s1. The van der Waals surface area contributed by atoms with Crippen molar-refractivity contribution in [2.24, 2.45) is 5.92 Å². The number of ether oxygens (including phenoxy) is 1. The third-order valence-corrected chi connectivity index (χ3v) is 6.21. The Balaban J connectivity index is 1.65. The number of rotatable bonds is 5. The largest absolute Gasteiger partial charge is 0.480 e. The molecule has 39 heavy (non-hydrogen) atoms. The number of carbonyl (C=O) groups excluding carboxylic acids is 2. The fourth-order valence-corrected chi connectivity index (χ4v) is 4.15. The summed E-state index contributed by atoms with van der Waals surface area (Å²) >= 11 is 0. The van der Waals surface area contributed by atoms with Crippen LogP contribution in [0.25, 0.3) is 16.8 Å². The van der Waals surface area contributed by atoms with Gasteiger partial charge in [0, 0.05) is 18.3 Å². The lowest BCUT2D eigenvalue weighted by atomic mass is 10.1. The van der Waals surface area contributed by atoms with Crippen LogP contribution in [0, 0.1) is 5.92 Å². The highest BCUT2D eigenvalue weighted by Gasteiger charge is 2.46. The molecule has 0 bridgehead atoms. The number of carbonyl (C=O) groups is 2. The minimum atomic E-state index is -4.83. The normalized spacial score (nSPS) is 18.8. The Morgan fingerprint density at radius 3 is 2.46 bits per heavy atom. The van der Waals surface area contributed by atoms with Crippen molar-refractivity contribution in [2.75, 3.05) is 25.9 Å². The second-order valence-electron chi connectivity index (χ2n) is 8.73. The SMILES string of the molecule is COc1ncc(-c2cc(C(F)(F)F)c3c(N)ncnn23)cc1C(=O)N[C@@H]1CN(C(=O)C(C)C(F)(F)F)C[C@@H]1F. The molecule has 0 aromatic carbocycles. The Hall–Kier alpha value is -4.18. The van der Waals surface area contributed by atoms with Crippen molar-refractivity contribution in [1.29, 1.82) is 0 Å². The van der Waals surface area contributed by atoms with Crippen LogP contribution in [0.1, 0.15) is 22.8 Å². The molecule has 0 saturated carbocycles. The number of pyridine rings is 1. The molecule has 210 valence electrons. The molecular formula is C22H20F7N7O3. The number of fused-ring (bicyclic) bond motifs is 1. The van der Waals surface area contributed by atoms with E-state index in [9.17, 15) is 40.3 Å². The van der Waals surface area contributed by atoms with Crippen molar-refractivity contribution >= 4 is 23.1 Å². The summed E-state index contributed by atoms with van der Waals surface area (Å²) in [7, 11) is 1.16. The molecule has 10 nitrogen and oxygen atoms in total. The first kappa shape index (κ1) is 27.8. The first-order valence-corrected chi connectivity index (χ1v) is 11.2. The van der Waals surface area contributed by atoms with Crippen molar-refractivity contribution in [3.05, 3.63) is 35.8 Å². The van der Waals surface area contributed by atoms with Gasteiger partial charge < -0.3 is 20.7 Å². The fraction of sp³-hybridized carbons (Fsp3) is 0.409. The first-order chi connectivity index (χ1) is 18.1. The molecule has 3 N–H and O–H groups in total. The lowest BCUT2D eigenvalue weighted by molar-refractivity contribution is -0.185. The number of anilines is 1. The van der Waals surface area contributed by atoms with Crippen molar-refractivity contribution in [2.45, 2.75) is 31.5 Å². The van der Waals surface area contributed by atoms with Gasteiger partial charge in [-0.3, -0.25) is 9.59 Å². The summed E-state index contributed by atoms with van der Waals surface area (Å²) in [6, 6.07) is 0.498. The summed E-state index contributed by atoms with van der Waals surface area (Å²) < 4.78 is 100. The Labute approximate surface area is 214 Å². The predicted octanol–water partition coefficient (Wildman–Crippen LogP) is 2.88. The molecule has 3 atom stereocenters. The fourth-order valence-electron chi connectivity index (χ4n) is 4.15. The zero-order valence-electron chi connectivity index (χ0n) is 20.1. The summed E-state index contributed by atoms with van der Waals surface area (Å²) in [4.78, 5) is 33.4. The van der Waals surface area contributed by atoms with Crippen LogP contribution >= 0.6 is 0 Å². The maximum Gasteiger partial charge on any atom is 0.418 e. The molecule has 2 amide bonds. The van der Waals surface area contributed by atoms with Crippen molar-refractivity contribution < 1.29 is 45.1 Å². The van der Waals surface area contributed by atoms with Crippen LogP contribution in [0.3, 0.4) is 0 Å². The molecule has 1 unspecified atom stereocenters. The number of methoxy groups -OCH3 is 1. The molecule has 4 heterocycles. The molecule has 4 rings (SSSR count). The van der Waals surface area contributed by atoms with Crippen LogP contribution in [0.15, 0.2) is 24.7 Å². The topological polar surface area (TPSA) is 128 Å². The van der Waals surface area contributed by atoms with Crippen LogP contribution in [-0.4, -0.2) is 74.9 Å². The summed E-state index contributed by atoms with van der Waals surface area (Å²) in [6.45, 7) is -0.551. The van der Waals surface area contributed by atoms with E-state index in [0.717, 1.165) is 36.3 Å². The molecule has 0 spiro atoms. The molecule has 17 heteroatoms. The molecule has 0 radical (unpaired) electrons. The quantitative estimate of drug-likeness (QED) is 0.457. The summed E-state index contributed by atoms with van der Waals surface area (Å²) in [5.74, 6) is -5.41. The van der Waals surface area contributed by atoms with Gasteiger partial charge in [0.15, 0.2) is 5.82 Å². The number of nitrogens with one attached hydrogen (secondary N) is 1. The van der Waals surface area contributed by atoms with Gasteiger partial charge >= 0.3 is 12.4 Å². The van der Waals surface area contributed by atoms with Crippen LogP contribution in [0.2, 0.25) is 0 Å². The number of amides is 2. The van der Waals surface area contributed by atoms with Gasteiger partial charge in [-0.25, -0.2) is 18.9 Å². The van der Waals surface area contributed by atoms with Gasteiger partial charge in [0.1, 0.15) is 29.5 Å². The Bertz CT molecular complexity index is 1420. The number of hydrogen-bond donors (Lipinski definition) is 2. The van der Waals surface area contributed by atoms with E-state index < -0.39 is 72.3 Å². The molecule has 3 aromatic heterocycles. The van der Waals surface area contributed by atoms with E-state index in [0.29, 0.717) is 11.8 Å². The molecule has 1 aliphatic heterocycles. The number of nitrogens with zero attached hydrogens (tertiary/aromatic N) is 5. The molecule has 1 fully saturated rings. The van der Waals surface area contributed by atoms with Gasteiger partial charge in [0.2, 0.25) is 11.8 Å². The first-order valence-electron chi connectivity index (χ1n) is 11.2. The zero-order valence-corrected chi connectivity index (χ0v) is 20.1. The minimum absolute atomic E-state index is 0.0245. The van der Waals surface area contributed by atoms with Gasteiger partial charge in [0.25, 0.3) is 5.91 Å². The van der Waals surface area contributed by atoms with E-state index in [4.69, 9.17) is 10.5 Å². The second kappa shape index (κ2) is 9.85. The maximum absolute atomic E-state index is 14.6. The number of nitrogen functional groups attached to an aromatic ring is 1. The maximum atomic E-state index is 14.6. The average molecular weight is 563 g/mol. The van der Waals surface area contributed by atoms with Gasteiger partial charge in [-0.1, -0.05) is 0 Å².